The fourth-order valence-electron chi connectivity index (χ4n) is 1.08. The Balaban J connectivity index is 3.28. The number of allylic oxidation sites excluding steroid dienone is 1. The van der Waals surface area contributed by atoms with Crippen LogP contribution < -0.4 is 21.3 Å². The smallest absolute Gasteiger partial charge is 0.364 e. The van der Waals surface area contributed by atoms with Crippen molar-refractivity contribution in [2.24, 2.45) is 0 Å². The first kappa shape index (κ1) is 11.0. The van der Waals surface area contributed by atoms with Gasteiger partial charge in [0, 0.05) is 0 Å². The van der Waals surface area contributed by atoms with Gasteiger partial charge in [-0.05, 0) is 19.1 Å². The van der Waals surface area contributed by atoms with E-state index in [4.69, 9.17) is 5.11 Å². The van der Waals surface area contributed by atoms with E-state index in [0.717, 1.165) is 6.08 Å². The third-order valence-electron chi connectivity index (χ3n) is 1.87. The molecule has 0 aliphatic rings. The molecule has 0 spiro atoms. The minimum Gasteiger partial charge on any atom is -0.476 e. The van der Waals surface area contributed by atoms with Gasteiger partial charge in [0.2, 0.25) is 16.7 Å². The topological polar surface area (TPSA) is 71.4 Å². The second kappa shape index (κ2) is 4.00. The van der Waals surface area contributed by atoms with Gasteiger partial charge < -0.3 is 5.11 Å². The van der Waals surface area contributed by atoms with E-state index >= 15 is 0 Å². The normalized spacial score (nSPS) is 11.5. The Kier molecular flexibility index (Phi) is 2.94. The van der Waals surface area contributed by atoms with Gasteiger partial charge in [-0.25, -0.2) is 4.79 Å². The molecule has 4 nitrogen and oxygen atoms in total. The van der Waals surface area contributed by atoms with Crippen molar-refractivity contribution < 1.29 is 14.3 Å². The molecule has 0 aliphatic carbocycles. The summed E-state index contributed by atoms with van der Waals surface area (Å²) in [6, 6.07) is 0. The fraction of sp³-hybridized carbons (Fsp3) is 0.100. The molecule has 0 amide bonds. The molecule has 0 saturated carbocycles. The number of aliphatic carboxylic acids is 1. The fourth-order valence-corrected chi connectivity index (χ4v) is 1.08. The molecule has 0 heterocycles. The third-order valence-corrected chi connectivity index (χ3v) is 1.87. The predicted molar refractivity (Wildman–Crippen MR) is 52.0 cm³/mol. The first-order valence-electron chi connectivity index (χ1n) is 4.05. The first-order valence-corrected chi connectivity index (χ1v) is 4.05. The van der Waals surface area contributed by atoms with E-state index < -0.39 is 22.7 Å². The van der Waals surface area contributed by atoms with Crippen LogP contribution in [-0.4, -0.2) is 11.1 Å². The number of carboxylic acid groups (broad SMARTS) is 1. The lowest BCUT2D eigenvalue weighted by Crippen LogP contribution is -2.64. The zero-order valence-electron chi connectivity index (χ0n) is 7.78. The van der Waals surface area contributed by atoms with E-state index in [9.17, 15) is 18.8 Å². The standard InChI is InChI=1S/C10H7FO4/c1-2-5-8(12)6(9(5)13)3-4-7(11)10(14)15/h2-4H,1H3,(H,14,15). The van der Waals surface area contributed by atoms with Crippen LogP contribution >= 0.6 is 0 Å². The molecular formula is C10H7FO4. The van der Waals surface area contributed by atoms with Crippen LogP contribution in [0.3, 0.4) is 0 Å². The molecule has 0 unspecified atom stereocenters. The zero-order chi connectivity index (χ0) is 11.6. The molecule has 1 rings (SSSR count). The van der Waals surface area contributed by atoms with Crippen molar-refractivity contribution in [3.63, 3.8) is 0 Å². The highest BCUT2D eigenvalue weighted by molar-refractivity contribution is 5.85. The van der Waals surface area contributed by atoms with Gasteiger partial charge in [-0.2, -0.15) is 4.39 Å². The number of carbonyl (C=O) groups is 1. The molecule has 0 bridgehead atoms. The summed E-state index contributed by atoms with van der Waals surface area (Å²) in [6.45, 7) is 1.54. The van der Waals surface area contributed by atoms with Crippen LogP contribution in [0, 0.1) is 0 Å². The quantitative estimate of drug-likeness (QED) is 0.622. The summed E-state index contributed by atoms with van der Waals surface area (Å²) in [7, 11) is 0. The summed E-state index contributed by atoms with van der Waals surface area (Å²) in [4.78, 5) is 32.3. The number of carboxylic acids is 1. The van der Waals surface area contributed by atoms with Crippen LogP contribution in [0.2, 0.25) is 0 Å². The van der Waals surface area contributed by atoms with E-state index in [1.807, 2.05) is 0 Å². The number of hydrogen-bond donors (Lipinski definition) is 1. The molecule has 78 valence electrons. The molecule has 1 aromatic carbocycles. The van der Waals surface area contributed by atoms with Crippen LogP contribution in [0.4, 0.5) is 4.39 Å². The van der Waals surface area contributed by atoms with Gasteiger partial charge in [0.1, 0.15) is 0 Å². The Bertz CT molecular complexity index is 583. The number of hydrogen-bond acceptors (Lipinski definition) is 3. The zero-order valence-corrected chi connectivity index (χ0v) is 7.78. The summed E-state index contributed by atoms with van der Waals surface area (Å²) >= 11 is 0. The molecule has 0 saturated heterocycles. The second-order valence-corrected chi connectivity index (χ2v) is 2.76. The van der Waals surface area contributed by atoms with Crippen LogP contribution in [0.5, 0.6) is 0 Å². The molecule has 1 N–H and O–H groups in total. The molecule has 0 aromatic heterocycles. The Morgan fingerprint density at radius 1 is 1.27 bits per heavy atom. The average Bonchev–Trinajstić information content (AvgIpc) is 2.18. The molecule has 0 radical (unpaired) electrons. The number of halogens is 1. The maximum atomic E-state index is 12.5. The molecular weight excluding hydrogens is 203 g/mol. The van der Waals surface area contributed by atoms with Crippen LogP contribution in [0.25, 0.3) is 12.2 Å². The summed E-state index contributed by atoms with van der Waals surface area (Å²) in [5, 5.41) is 8.01. The van der Waals surface area contributed by atoms with Crippen molar-refractivity contribution in [3.05, 3.63) is 42.8 Å². The van der Waals surface area contributed by atoms with Gasteiger partial charge in [-0.3, -0.25) is 9.59 Å². The van der Waals surface area contributed by atoms with Crippen molar-refractivity contribution >= 4 is 18.1 Å². The highest BCUT2D eigenvalue weighted by atomic mass is 19.1. The van der Waals surface area contributed by atoms with Crippen LogP contribution in [-0.2, 0) is 4.79 Å². The Morgan fingerprint density at radius 3 is 2.20 bits per heavy atom. The highest BCUT2D eigenvalue weighted by Gasteiger charge is 2.07. The van der Waals surface area contributed by atoms with E-state index in [1.165, 1.54) is 13.0 Å². The van der Waals surface area contributed by atoms with E-state index in [1.54, 1.807) is 0 Å². The van der Waals surface area contributed by atoms with Crippen molar-refractivity contribution in [2.75, 3.05) is 0 Å². The van der Waals surface area contributed by atoms with Crippen molar-refractivity contribution in [1.29, 1.82) is 0 Å². The average molecular weight is 210 g/mol. The highest BCUT2D eigenvalue weighted by Crippen LogP contribution is 1.94. The van der Waals surface area contributed by atoms with E-state index in [2.05, 4.69) is 0 Å². The summed E-state index contributed by atoms with van der Waals surface area (Å²) < 4.78 is 12.5. The summed E-state index contributed by atoms with van der Waals surface area (Å²) in [6.07, 6.45) is 2.82. The predicted octanol–water partition coefficient (Wildman–Crippen LogP) is -1.20. The van der Waals surface area contributed by atoms with Gasteiger partial charge in [-0.1, -0.05) is 6.08 Å². The molecule has 0 aliphatic heterocycles. The van der Waals surface area contributed by atoms with Crippen molar-refractivity contribution in [1.82, 2.24) is 0 Å². The molecule has 0 fully saturated rings. The molecule has 5 heteroatoms. The Morgan fingerprint density at radius 2 is 1.80 bits per heavy atom. The van der Waals surface area contributed by atoms with E-state index in [-0.39, 0.29) is 10.4 Å². The van der Waals surface area contributed by atoms with Crippen molar-refractivity contribution in [2.45, 2.75) is 6.92 Å². The molecule has 0 atom stereocenters. The van der Waals surface area contributed by atoms with Gasteiger partial charge in [0.15, 0.2) is 0 Å². The first-order chi connectivity index (χ1) is 6.99. The lowest BCUT2D eigenvalue weighted by atomic mass is 10.1. The summed E-state index contributed by atoms with van der Waals surface area (Å²) in [5.41, 5.74) is -0.978. The van der Waals surface area contributed by atoms with Gasteiger partial charge in [0.25, 0.3) is 0 Å². The van der Waals surface area contributed by atoms with E-state index in [0.29, 0.717) is 6.08 Å². The Labute approximate surface area is 83.0 Å². The van der Waals surface area contributed by atoms with Gasteiger partial charge in [-0.15, -0.1) is 0 Å². The van der Waals surface area contributed by atoms with Gasteiger partial charge >= 0.3 is 5.97 Å². The maximum absolute atomic E-state index is 12.5. The largest absolute Gasteiger partial charge is 0.476 e. The lowest BCUT2D eigenvalue weighted by molar-refractivity contribution is -0.134. The molecule has 15 heavy (non-hydrogen) atoms. The Hall–Kier alpha value is -2.04. The minimum absolute atomic E-state index is 0.0467. The lowest BCUT2D eigenvalue weighted by Gasteiger charge is -1.89. The molecule has 1 aromatic rings. The van der Waals surface area contributed by atoms with Crippen LogP contribution in [0.1, 0.15) is 6.92 Å². The summed E-state index contributed by atoms with van der Waals surface area (Å²) in [5.74, 6) is -3.16. The number of rotatable bonds is 2. The van der Waals surface area contributed by atoms with Crippen LogP contribution in [0.15, 0.2) is 21.5 Å². The van der Waals surface area contributed by atoms with Gasteiger partial charge in [0.05, 0.1) is 10.4 Å². The minimum atomic E-state index is -1.74. The second-order valence-electron chi connectivity index (χ2n) is 2.76. The SMILES string of the molecule is CC=c1c(=O)c(=CC=C(F)C(=O)O)c1=O. The maximum Gasteiger partial charge on any atom is 0.364 e. The third kappa shape index (κ3) is 1.90. The monoisotopic (exact) mass is 210 g/mol. The van der Waals surface area contributed by atoms with Crippen molar-refractivity contribution in [3.8, 4) is 0 Å².